The molecule has 5 nitrogen and oxygen atoms in total. The molecule has 1 aliphatic carbocycles. The Kier molecular flexibility index (Phi) is 5.93. The van der Waals surface area contributed by atoms with E-state index in [0.717, 1.165) is 18.4 Å². The fraction of sp³-hybridized carbons (Fsp3) is 0.538. The largest absolute Gasteiger partial charge is 0.326 e. The minimum Gasteiger partial charge on any atom is -0.326 e. The molecule has 2 rings (SSSR count). The fourth-order valence-corrected chi connectivity index (χ4v) is 2.38. The van der Waals surface area contributed by atoms with Crippen LogP contribution in [0.15, 0.2) is 29.2 Å². The zero-order chi connectivity index (χ0) is 14.5. The highest BCUT2D eigenvalue weighted by atomic mass is 32.2. The summed E-state index contributed by atoms with van der Waals surface area (Å²) in [5.74, 6) is 0. The van der Waals surface area contributed by atoms with Gasteiger partial charge in [-0.15, -0.1) is 0 Å². The Morgan fingerprint density at radius 2 is 1.47 bits per heavy atom. The maximum atomic E-state index is 10.5. The first kappa shape index (κ1) is 16.1. The molecule has 6 heteroatoms. The molecule has 1 fully saturated rings. The molecule has 0 saturated heterocycles. The van der Waals surface area contributed by atoms with E-state index in [2.05, 4.69) is 0 Å². The average molecular weight is 286 g/mol. The van der Waals surface area contributed by atoms with E-state index in [0.29, 0.717) is 0 Å². The summed E-state index contributed by atoms with van der Waals surface area (Å²) < 4.78 is 29.6. The van der Waals surface area contributed by atoms with Gasteiger partial charge in [0.25, 0.3) is 10.1 Å². The molecule has 1 aliphatic rings. The average Bonchev–Trinajstić information content (AvgIpc) is 2.33. The lowest BCUT2D eigenvalue weighted by atomic mass is 9.92. The standard InChI is InChI=1S/C7H8O3S.C6H14N2/c1-6-2-4-7(5-3-6)11(8,9)10;7-5-3-1-2-4-6(5)8/h2-5H,1H3,(H,8,9,10);5-6H,1-4,7-8H2/t;5-,6-/m.1/s1. The second kappa shape index (κ2) is 7.00. The number of hydrogen-bond acceptors (Lipinski definition) is 4. The van der Waals surface area contributed by atoms with Gasteiger partial charge in [-0.05, 0) is 31.9 Å². The van der Waals surface area contributed by atoms with Gasteiger partial charge in [0.15, 0.2) is 0 Å². The molecule has 2 atom stereocenters. The van der Waals surface area contributed by atoms with Crippen molar-refractivity contribution < 1.29 is 13.0 Å². The summed E-state index contributed by atoms with van der Waals surface area (Å²) >= 11 is 0. The minimum absolute atomic E-state index is 0.0666. The topological polar surface area (TPSA) is 106 Å². The number of aryl methyl sites for hydroxylation is 1. The van der Waals surface area contributed by atoms with Gasteiger partial charge in [-0.1, -0.05) is 30.5 Å². The molecule has 1 aromatic rings. The smallest absolute Gasteiger partial charge is 0.294 e. The van der Waals surface area contributed by atoms with Gasteiger partial charge in [0.05, 0.1) is 4.90 Å². The summed E-state index contributed by atoms with van der Waals surface area (Å²) in [6.07, 6.45) is 4.80. The number of nitrogens with two attached hydrogens (primary N) is 2. The van der Waals surface area contributed by atoms with Crippen LogP contribution in [0, 0.1) is 6.92 Å². The van der Waals surface area contributed by atoms with Crippen molar-refractivity contribution >= 4 is 10.1 Å². The van der Waals surface area contributed by atoms with E-state index in [1.54, 1.807) is 12.1 Å². The second-order valence-corrected chi connectivity index (χ2v) is 6.32. The Morgan fingerprint density at radius 3 is 1.79 bits per heavy atom. The third-order valence-electron chi connectivity index (χ3n) is 3.19. The highest BCUT2D eigenvalue weighted by Gasteiger charge is 2.16. The summed E-state index contributed by atoms with van der Waals surface area (Å²) in [7, 11) is -4.02. The molecule has 0 amide bonds. The van der Waals surface area contributed by atoms with Crippen molar-refractivity contribution in [3.63, 3.8) is 0 Å². The van der Waals surface area contributed by atoms with E-state index in [9.17, 15) is 8.42 Å². The van der Waals surface area contributed by atoms with Crippen molar-refractivity contribution in [2.75, 3.05) is 0 Å². The fourth-order valence-electron chi connectivity index (χ4n) is 1.90. The van der Waals surface area contributed by atoms with Crippen molar-refractivity contribution in [1.82, 2.24) is 0 Å². The van der Waals surface area contributed by atoms with E-state index in [1.807, 2.05) is 6.92 Å². The molecule has 1 saturated carbocycles. The van der Waals surface area contributed by atoms with Crippen LogP contribution in [0.2, 0.25) is 0 Å². The van der Waals surface area contributed by atoms with E-state index >= 15 is 0 Å². The first-order valence-electron chi connectivity index (χ1n) is 6.36. The number of hydrogen-bond donors (Lipinski definition) is 3. The zero-order valence-corrected chi connectivity index (χ0v) is 11.9. The Bertz CT molecular complexity index is 475. The van der Waals surface area contributed by atoms with Crippen LogP contribution in [0.3, 0.4) is 0 Å². The molecule has 1 aromatic carbocycles. The highest BCUT2D eigenvalue weighted by Crippen LogP contribution is 2.14. The van der Waals surface area contributed by atoms with Gasteiger partial charge in [-0.25, -0.2) is 0 Å². The molecule has 5 N–H and O–H groups in total. The van der Waals surface area contributed by atoms with E-state index in [1.165, 1.54) is 25.0 Å². The van der Waals surface area contributed by atoms with Crippen LogP contribution in [0.5, 0.6) is 0 Å². The third-order valence-corrected chi connectivity index (χ3v) is 4.06. The van der Waals surface area contributed by atoms with Crippen molar-refractivity contribution in [3.05, 3.63) is 29.8 Å². The second-order valence-electron chi connectivity index (χ2n) is 4.90. The van der Waals surface area contributed by atoms with Gasteiger partial charge < -0.3 is 11.5 Å². The molecule has 0 unspecified atom stereocenters. The molecular weight excluding hydrogens is 264 g/mol. The molecule has 0 aromatic heterocycles. The Labute approximate surface area is 114 Å². The van der Waals surface area contributed by atoms with Gasteiger partial charge in [0, 0.05) is 12.1 Å². The van der Waals surface area contributed by atoms with Gasteiger partial charge in [-0.2, -0.15) is 8.42 Å². The minimum atomic E-state index is -4.02. The van der Waals surface area contributed by atoms with Crippen LogP contribution in [-0.2, 0) is 10.1 Å². The van der Waals surface area contributed by atoms with Crippen molar-refractivity contribution in [2.45, 2.75) is 49.6 Å². The lowest BCUT2D eigenvalue weighted by molar-refractivity contribution is 0.385. The van der Waals surface area contributed by atoms with E-state index < -0.39 is 10.1 Å². The number of rotatable bonds is 1. The molecule has 0 radical (unpaired) electrons. The molecule has 0 heterocycles. The molecular formula is C13H22N2O3S. The summed E-state index contributed by atoms with van der Waals surface area (Å²) in [6, 6.07) is 6.55. The van der Waals surface area contributed by atoms with Crippen LogP contribution < -0.4 is 11.5 Å². The first-order chi connectivity index (χ1) is 8.80. The molecule has 0 aliphatic heterocycles. The van der Waals surface area contributed by atoms with Gasteiger partial charge in [0.1, 0.15) is 0 Å². The molecule has 0 bridgehead atoms. The maximum absolute atomic E-state index is 10.5. The Morgan fingerprint density at radius 1 is 1.05 bits per heavy atom. The Balaban J connectivity index is 0.000000200. The van der Waals surface area contributed by atoms with Crippen LogP contribution >= 0.6 is 0 Å². The van der Waals surface area contributed by atoms with Crippen molar-refractivity contribution in [1.29, 1.82) is 0 Å². The van der Waals surface area contributed by atoms with Crippen LogP contribution in [0.1, 0.15) is 31.2 Å². The predicted octanol–water partition coefficient (Wildman–Crippen LogP) is 1.46. The lowest BCUT2D eigenvalue weighted by Crippen LogP contribution is -2.43. The first-order valence-corrected chi connectivity index (χ1v) is 7.80. The summed E-state index contributed by atoms with van der Waals surface area (Å²) in [5, 5.41) is 0. The van der Waals surface area contributed by atoms with Gasteiger partial charge in [0.2, 0.25) is 0 Å². The normalized spacial score (nSPS) is 23.4. The van der Waals surface area contributed by atoms with Crippen molar-refractivity contribution in [2.24, 2.45) is 11.5 Å². The van der Waals surface area contributed by atoms with Gasteiger partial charge >= 0.3 is 0 Å². The molecule has 108 valence electrons. The predicted molar refractivity (Wildman–Crippen MR) is 75.4 cm³/mol. The van der Waals surface area contributed by atoms with Crippen LogP contribution in [-0.4, -0.2) is 25.1 Å². The van der Waals surface area contributed by atoms with E-state index in [4.69, 9.17) is 16.0 Å². The van der Waals surface area contributed by atoms with Gasteiger partial charge in [-0.3, -0.25) is 4.55 Å². The Hall–Kier alpha value is -0.950. The van der Waals surface area contributed by atoms with Crippen LogP contribution in [0.25, 0.3) is 0 Å². The summed E-state index contributed by atoms with van der Waals surface area (Å²) in [5.41, 5.74) is 12.3. The highest BCUT2D eigenvalue weighted by molar-refractivity contribution is 7.85. The monoisotopic (exact) mass is 286 g/mol. The third kappa shape index (κ3) is 5.69. The lowest BCUT2D eigenvalue weighted by Gasteiger charge is -2.24. The quantitative estimate of drug-likeness (QED) is 0.678. The van der Waals surface area contributed by atoms with Crippen molar-refractivity contribution in [3.8, 4) is 0 Å². The summed E-state index contributed by atoms with van der Waals surface area (Å²) in [6.45, 7) is 1.84. The zero-order valence-electron chi connectivity index (χ0n) is 11.1. The summed E-state index contributed by atoms with van der Waals surface area (Å²) in [4.78, 5) is -0.0666. The molecule has 0 spiro atoms. The number of benzene rings is 1. The SMILES string of the molecule is Cc1ccc(S(=O)(=O)O)cc1.N[C@@H]1CCCC[C@H]1N. The van der Waals surface area contributed by atoms with E-state index in [-0.39, 0.29) is 17.0 Å². The van der Waals surface area contributed by atoms with Crippen LogP contribution in [0.4, 0.5) is 0 Å². The maximum Gasteiger partial charge on any atom is 0.294 e. The molecule has 19 heavy (non-hydrogen) atoms.